The van der Waals surface area contributed by atoms with E-state index in [1.807, 2.05) is 13.8 Å². The van der Waals surface area contributed by atoms with Crippen LogP contribution < -0.4 is 0 Å². The van der Waals surface area contributed by atoms with E-state index >= 15 is 0 Å². The fraction of sp³-hybridized carbons (Fsp3) is 1.00. The van der Waals surface area contributed by atoms with Crippen molar-refractivity contribution in [1.82, 2.24) is 0 Å². The van der Waals surface area contributed by atoms with Crippen LogP contribution in [0, 0.1) is 40.4 Å². The van der Waals surface area contributed by atoms with Crippen LogP contribution in [0.25, 0.3) is 0 Å². The molecule has 0 aliphatic heterocycles. The summed E-state index contributed by atoms with van der Waals surface area (Å²) in [6.45, 7) is 11.0. The molecule has 0 radical (unpaired) electrons. The minimum atomic E-state index is -1.14. The molecule has 4 N–H and O–H groups in total. The van der Waals surface area contributed by atoms with Crippen molar-refractivity contribution in [3.05, 3.63) is 0 Å². The molecule has 4 rings (SSSR count). The van der Waals surface area contributed by atoms with E-state index in [9.17, 15) is 20.4 Å². The van der Waals surface area contributed by atoms with Gasteiger partial charge in [0.15, 0.2) is 0 Å². The Morgan fingerprint density at radius 3 is 2.39 bits per heavy atom. The summed E-state index contributed by atoms with van der Waals surface area (Å²) in [6.07, 6.45) is 9.42. The van der Waals surface area contributed by atoms with Gasteiger partial charge in [-0.2, -0.15) is 0 Å². The number of hydrogen-bond acceptors (Lipinski definition) is 4. The molecule has 0 heterocycles. The van der Waals surface area contributed by atoms with Crippen LogP contribution in [0.5, 0.6) is 0 Å². The molecule has 31 heavy (non-hydrogen) atoms. The molecule has 4 aliphatic carbocycles. The maximum atomic E-state index is 11.6. The lowest BCUT2D eigenvalue weighted by atomic mass is 9.42. The van der Waals surface area contributed by atoms with E-state index in [1.165, 1.54) is 25.7 Å². The first-order valence-corrected chi connectivity index (χ1v) is 13.1. The molecule has 0 amide bonds. The van der Waals surface area contributed by atoms with E-state index in [-0.39, 0.29) is 5.41 Å². The van der Waals surface area contributed by atoms with E-state index in [4.69, 9.17) is 0 Å². The molecule has 0 aromatic carbocycles. The monoisotopic (exact) mass is 436 g/mol. The zero-order valence-electron chi connectivity index (χ0n) is 20.6. The second kappa shape index (κ2) is 7.96. The molecule has 0 unspecified atom stereocenters. The first-order chi connectivity index (χ1) is 14.3. The summed E-state index contributed by atoms with van der Waals surface area (Å²) < 4.78 is 0. The standard InChI is InChI=1S/C27H48O4/c1-17(7-6-12-24(2,3)30)20-8-9-21-19-15-23(29)27(31)16-18(28)10-14-26(27,5)22(19)11-13-25(20,21)4/h17-23,28-31H,6-16H2,1-5H3/t17-,18+,19+,20-,21+,22+,23-,25-,26-,27+/m1/s1. The second-order valence-electron chi connectivity index (χ2n) is 13.3. The van der Waals surface area contributed by atoms with Crippen molar-refractivity contribution in [1.29, 1.82) is 0 Å². The molecule has 10 atom stereocenters. The van der Waals surface area contributed by atoms with Gasteiger partial charge < -0.3 is 20.4 Å². The van der Waals surface area contributed by atoms with Crippen LogP contribution >= 0.6 is 0 Å². The van der Waals surface area contributed by atoms with Crippen molar-refractivity contribution < 1.29 is 20.4 Å². The Balaban J connectivity index is 1.51. The van der Waals surface area contributed by atoms with E-state index in [1.54, 1.807) is 0 Å². The van der Waals surface area contributed by atoms with Gasteiger partial charge in [-0.1, -0.05) is 33.6 Å². The predicted octanol–water partition coefficient (Wildman–Crippen LogP) is 4.67. The molecular weight excluding hydrogens is 388 g/mol. The fourth-order valence-corrected chi connectivity index (χ4v) is 9.29. The number of hydrogen-bond donors (Lipinski definition) is 4. The summed E-state index contributed by atoms with van der Waals surface area (Å²) >= 11 is 0. The summed E-state index contributed by atoms with van der Waals surface area (Å²) in [4.78, 5) is 0. The van der Waals surface area contributed by atoms with Crippen LogP contribution in [-0.2, 0) is 0 Å². The Morgan fingerprint density at radius 1 is 1.00 bits per heavy atom. The summed E-state index contributed by atoms with van der Waals surface area (Å²) in [6, 6.07) is 0. The third-order valence-electron chi connectivity index (χ3n) is 11.0. The molecule has 4 fully saturated rings. The highest BCUT2D eigenvalue weighted by Gasteiger charge is 2.67. The molecule has 0 saturated heterocycles. The molecule has 0 aromatic heterocycles. The average molecular weight is 437 g/mol. The number of aliphatic hydroxyl groups excluding tert-OH is 2. The third-order valence-corrected chi connectivity index (χ3v) is 11.0. The van der Waals surface area contributed by atoms with Crippen LogP contribution in [-0.4, -0.2) is 43.8 Å². The largest absolute Gasteiger partial charge is 0.393 e. The zero-order chi connectivity index (χ0) is 22.8. The quantitative estimate of drug-likeness (QED) is 0.505. The van der Waals surface area contributed by atoms with Crippen LogP contribution in [0.1, 0.15) is 105 Å². The predicted molar refractivity (Wildman–Crippen MR) is 123 cm³/mol. The van der Waals surface area contributed by atoms with Crippen LogP contribution in [0.4, 0.5) is 0 Å². The number of fused-ring (bicyclic) bond motifs is 5. The lowest BCUT2D eigenvalue weighted by Crippen LogP contribution is -2.68. The summed E-state index contributed by atoms with van der Waals surface area (Å²) in [7, 11) is 0. The topological polar surface area (TPSA) is 80.9 Å². The average Bonchev–Trinajstić information content (AvgIpc) is 3.01. The SMILES string of the molecule is C[C@H](CCCC(C)(C)O)[C@H]1CC[C@H]2[C@@H]3C[C@@H](O)[C@@]4(O)C[C@@H](O)CC[C@]4(C)[C@H]3CC[C@]12C. The van der Waals surface area contributed by atoms with E-state index in [2.05, 4.69) is 20.8 Å². The Bertz CT molecular complexity index is 658. The maximum Gasteiger partial charge on any atom is 0.0985 e. The molecule has 4 aliphatic rings. The Kier molecular flexibility index (Phi) is 6.16. The van der Waals surface area contributed by atoms with E-state index < -0.39 is 23.4 Å². The Labute approximate surface area is 189 Å². The van der Waals surface area contributed by atoms with Crippen LogP contribution in [0.3, 0.4) is 0 Å². The minimum absolute atomic E-state index is 0.285. The number of rotatable bonds is 5. The van der Waals surface area contributed by atoms with Crippen molar-refractivity contribution in [2.24, 2.45) is 40.4 Å². The van der Waals surface area contributed by atoms with Gasteiger partial charge in [-0.3, -0.25) is 0 Å². The zero-order valence-corrected chi connectivity index (χ0v) is 20.6. The van der Waals surface area contributed by atoms with Gasteiger partial charge in [0.25, 0.3) is 0 Å². The third kappa shape index (κ3) is 3.82. The molecule has 0 bridgehead atoms. The molecule has 0 aromatic rings. The van der Waals surface area contributed by atoms with Gasteiger partial charge in [-0.25, -0.2) is 0 Å². The molecule has 4 saturated carbocycles. The maximum absolute atomic E-state index is 11.6. The first-order valence-electron chi connectivity index (χ1n) is 13.1. The van der Waals surface area contributed by atoms with Gasteiger partial charge in [0.2, 0.25) is 0 Å². The van der Waals surface area contributed by atoms with Crippen molar-refractivity contribution in [3.8, 4) is 0 Å². The highest BCUT2D eigenvalue weighted by Crippen LogP contribution is 2.69. The normalized spacial score (nSPS) is 51.0. The van der Waals surface area contributed by atoms with Gasteiger partial charge in [0, 0.05) is 11.8 Å². The highest BCUT2D eigenvalue weighted by atomic mass is 16.3. The van der Waals surface area contributed by atoms with Crippen LogP contribution in [0.2, 0.25) is 0 Å². The molecule has 4 heteroatoms. The summed E-state index contributed by atoms with van der Waals surface area (Å²) in [5, 5.41) is 43.1. The molecule has 4 nitrogen and oxygen atoms in total. The summed E-state index contributed by atoms with van der Waals surface area (Å²) in [5.74, 6) is 2.97. The molecular formula is C27H48O4. The number of aliphatic hydroxyl groups is 4. The first kappa shape index (κ1) is 24.0. The second-order valence-corrected chi connectivity index (χ2v) is 13.3. The van der Waals surface area contributed by atoms with Gasteiger partial charge in [-0.05, 0) is 100 Å². The highest BCUT2D eigenvalue weighted by molar-refractivity contribution is 5.17. The lowest BCUT2D eigenvalue weighted by Gasteiger charge is -2.65. The van der Waals surface area contributed by atoms with Crippen molar-refractivity contribution in [2.45, 2.75) is 129 Å². The fourth-order valence-electron chi connectivity index (χ4n) is 9.29. The summed E-state index contributed by atoms with van der Waals surface area (Å²) in [5.41, 5.74) is -1.67. The van der Waals surface area contributed by atoms with Crippen molar-refractivity contribution in [3.63, 3.8) is 0 Å². The van der Waals surface area contributed by atoms with Gasteiger partial charge >= 0.3 is 0 Å². The molecule has 0 spiro atoms. The van der Waals surface area contributed by atoms with E-state index in [0.29, 0.717) is 41.9 Å². The smallest absolute Gasteiger partial charge is 0.0985 e. The minimum Gasteiger partial charge on any atom is -0.393 e. The van der Waals surface area contributed by atoms with Gasteiger partial charge in [-0.15, -0.1) is 0 Å². The van der Waals surface area contributed by atoms with E-state index in [0.717, 1.165) is 38.0 Å². The Hall–Kier alpha value is -0.160. The van der Waals surface area contributed by atoms with Crippen LogP contribution in [0.15, 0.2) is 0 Å². The Morgan fingerprint density at radius 2 is 1.71 bits per heavy atom. The molecule has 180 valence electrons. The lowest BCUT2D eigenvalue weighted by molar-refractivity contribution is -0.264. The van der Waals surface area contributed by atoms with Gasteiger partial charge in [0.1, 0.15) is 0 Å². The van der Waals surface area contributed by atoms with Crippen molar-refractivity contribution in [2.75, 3.05) is 0 Å². The van der Waals surface area contributed by atoms with Crippen molar-refractivity contribution >= 4 is 0 Å². The van der Waals surface area contributed by atoms with Gasteiger partial charge in [0.05, 0.1) is 23.4 Å².